The van der Waals surface area contributed by atoms with Gasteiger partial charge in [-0.25, -0.2) is 13.1 Å². The van der Waals surface area contributed by atoms with Crippen LogP contribution in [0.25, 0.3) is 0 Å². The molecule has 2 aromatic rings. The van der Waals surface area contributed by atoms with Crippen molar-refractivity contribution in [3.8, 4) is 0 Å². The van der Waals surface area contributed by atoms with Crippen LogP contribution >= 0.6 is 0 Å². The number of carbonyl (C=O) groups is 1. The summed E-state index contributed by atoms with van der Waals surface area (Å²) in [5.41, 5.74) is 0.552. The van der Waals surface area contributed by atoms with Crippen molar-refractivity contribution >= 4 is 21.6 Å². The molecule has 1 amide bonds. The zero-order valence-corrected chi connectivity index (χ0v) is 15.9. The number of carbonyl (C=O) groups excluding carboxylic acids is 1. The van der Waals surface area contributed by atoms with Gasteiger partial charge in [-0.1, -0.05) is 19.3 Å². The van der Waals surface area contributed by atoms with Gasteiger partial charge in [-0.05, 0) is 49.2 Å². The van der Waals surface area contributed by atoms with Crippen molar-refractivity contribution in [3.05, 3.63) is 48.4 Å². The Morgan fingerprint density at radius 2 is 1.81 bits per heavy atom. The van der Waals surface area contributed by atoms with Crippen LogP contribution in [0.4, 0.5) is 5.69 Å². The summed E-state index contributed by atoms with van der Waals surface area (Å²) in [6.45, 7) is 0.592. The minimum atomic E-state index is -3.53. The van der Waals surface area contributed by atoms with E-state index in [1.165, 1.54) is 18.6 Å². The predicted molar refractivity (Wildman–Crippen MR) is 103 cm³/mol. The van der Waals surface area contributed by atoms with Crippen molar-refractivity contribution in [3.63, 3.8) is 0 Å². The number of hydrogen-bond donors (Lipinski definition) is 3. The maximum Gasteiger partial charge on any atom is 0.240 e. The number of benzene rings is 1. The summed E-state index contributed by atoms with van der Waals surface area (Å²) in [5, 5.41) is 5.71. The van der Waals surface area contributed by atoms with Crippen molar-refractivity contribution in [1.29, 1.82) is 0 Å². The van der Waals surface area contributed by atoms with E-state index >= 15 is 0 Å². The van der Waals surface area contributed by atoms with Gasteiger partial charge in [-0.2, -0.15) is 0 Å². The first-order valence-corrected chi connectivity index (χ1v) is 10.7. The second-order valence-corrected chi connectivity index (χ2v) is 8.43. The number of sulfonamides is 1. The molecule has 27 heavy (non-hydrogen) atoms. The van der Waals surface area contributed by atoms with Crippen molar-refractivity contribution in [2.24, 2.45) is 0 Å². The second kappa shape index (κ2) is 9.16. The molecule has 3 N–H and O–H groups in total. The molecular formula is C19H25N3O4S. The zero-order valence-electron chi connectivity index (χ0n) is 15.1. The van der Waals surface area contributed by atoms with Gasteiger partial charge in [0, 0.05) is 11.7 Å². The van der Waals surface area contributed by atoms with Crippen LogP contribution in [-0.2, 0) is 21.4 Å². The first-order chi connectivity index (χ1) is 13.0. The van der Waals surface area contributed by atoms with E-state index in [4.69, 9.17) is 4.42 Å². The Balaban J connectivity index is 1.49. The molecule has 0 bridgehead atoms. The Morgan fingerprint density at radius 3 is 2.48 bits per heavy atom. The van der Waals surface area contributed by atoms with Crippen LogP contribution in [0.5, 0.6) is 0 Å². The van der Waals surface area contributed by atoms with Crippen LogP contribution < -0.4 is 15.4 Å². The van der Waals surface area contributed by atoms with Gasteiger partial charge in [0.05, 0.1) is 24.2 Å². The van der Waals surface area contributed by atoms with E-state index in [9.17, 15) is 13.2 Å². The lowest BCUT2D eigenvalue weighted by molar-refractivity contribution is -0.115. The Hall–Kier alpha value is -2.16. The molecule has 0 aliphatic heterocycles. The molecule has 1 fully saturated rings. The molecule has 0 saturated heterocycles. The molecule has 8 heteroatoms. The van der Waals surface area contributed by atoms with Crippen LogP contribution in [-0.4, -0.2) is 26.9 Å². The molecule has 0 unspecified atom stereocenters. The molecule has 1 aliphatic carbocycles. The Morgan fingerprint density at radius 1 is 1.07 bits per heavy atom. The average Bonchev–Trinajstić information content (AvgIpc) is 3.16. The smallest absolute Gasteiger partial charge is 0.240 e. The molecule has 1 aromatic heterocycles. The van der Waals surface area contributed by atoms with Crippen molar-refractivity contribution in [2.75, 3.05) is 11.9 Å². The quantitative estimate of drug-likeness (QED) is 0.642. The largest absolute Gasteiger partial charge is 0.468 e. The molecule has 7 nitrogen and oxygen atoms in total. The van der Waals surface area contributed by atoms with Crippen LogP contribution in [0.1, 0.15) is 37.9 Å². The minimum Gasteiger partial charge on any atom is -0.468 e. The summed E-state index contributed by atoms with van der Waals surface area (Å²) >= 11 is 0. The van der Waals surface area contributed by atoms with E-state index in [1.54, 1.807) is 24.5 Å². The molecule has 3 rings (SSSR count). The Bertz CT molecular complexity index is 826. The van der Waals surface area contributed by atoms with Gasteiger partial charge >= 0.3 is 0 Å². The monoisotopic (exact) mass is 391 g/mol. The van der Waals surface area contributed by atoms with Crippen LogP contribution in [0.2, 0.25) is 0 Å². The first kappa shape index (κ1) is 19.6. The van der Waals surface area contributed by atoms with Gasteiger partial charge in [0.15, 0.2) is 0 Å². The highest BCUT2D eigenvalue weighted by Crippen LogP contribution is 2.20. The predicted octanol–water partition coefficient (Wildman–Crippen LogP) is 2.62. The summed E-state index contributed by atoms with van der Waals surface area (Å²) < 4.78 is 32.9. The fraction of sp³-hybridized carbons (Fsp3) is 0.421. The summed E-state index contributed by atoms with van der Waals surface area (Å²) in [4.78, 5) is 12.2. The minimum absolute atomic E-state index is 0.0170. The zero-order chi connectivity index (χ0) is 19.1. The third-order valence-electron chi connectivity index (χ3n) is 4.54. The van der Waals surface area contributed by atoms with E-state index < -0.39 is 10.0 Å². The van der Waals surface area contributed by atoms with Crippen molar-refractivity contribution in [2.45, 2.75) is 49.6 Å². The van der Waals surface area contributed by atoms with Crippen LogP contribution in [0.3, 0.4) is 0 Å². The third kappa shape index (κ3) is 5.92. The third-order valence-corrected chi connectivity index (χ3v) is 6.08. The van der Waals surface area contributed by atoms with Crippen LogP contribution in [0.15, 0.2) is 52.0 Å². The van der Waals surface area contributed by atoms with Gasteiger partial charge in [-0.15, -0.1) is 0 Å². The van der Waals surface area contributed by atoms with Gasteiger partial charge in [0.25, 0.3) is 0 Å². The van der Waals surface area contributed by atoms with E-state index in [1.807, 2.05) is 6.07 Å². The fourth-order valence-electron chi connectivity index (χ4n) is 3.14. The molecule has 0 atom stereocenters. The summed E-state index contributed by atoms with van der Waals surface area (Å²) in [5.74, 6) is 0.542. The lowest BCUT2D eigenvalue weighted by atomic mass is 9.96. The molecule has 1 aromatic carbocycles. The van der Waals surface area contributed by atoms with Gasteiger partial charge in [-0.3, -0.25) is 4.79 Å². The Labute approximate surface area is 159 Å². The van der Waals surface area contributed by atoms with E-state index in [0.717, 1.165) is 31.4 Å². The van der Waals surface area contributed by atoms with E-state index in [2.05, 4.69) is 15.4 Å². The topological polar surface area (TPSA) is 100 Å². The Kier molecular flexibility index (Phi) is 6.65. The molecule has 1 saturated carbocycles. The maximum absolute atomic E-state index is 12.5. The maximum atomic E-state index is 12.5. The number of furan rings is 1. The van der Waals surface area contributed by atoms with Gasteiger partial charge < -0.3 is 15.1 Å². The molecule has 0 spiro atoms. The van der Waals surface area contributed by atoms with E-state index in [0.29, 0.717) is 12.2 Å². The standard InChI is InChI=1S/C19H25N3O4S/c23-19(14-20-13-17-7-4-12-26-17)21-15-8-10-18(11-9-15)27(24,25)22-16-5-2-1-3-6-16/h4,7-12,16,20,22H,1-3,5-6,13-14H2,(H,21,23). The van der Waals surface area contributed by atoms with Gasteiger partial charge in [0.1, 0.15) is 5.76 Å². The van der Waals surface area contributed by atoms with E-state index in [-0.39, 0.29) is 23.4 Å². The average molecular weight is 391 g/mol. The highest BCUT2D eigenvalue weighted by atomic mass is 32.2. The summed E-state index contributed by atoms with van der Waals surface area (Å²) in [7, 11) is -3.53. The number of amides is 1. The number of rotatable bonds is 8. The second-order valence-electron chi connectivity index (χ2n) is 6.71. The highest BCUT2D eigenvalue weighted by Gasteiger charge is 2.21. The molecular weight excluding hydrogens is 366 g/mol. The molecule has 0 radical (unpaired) electrons. The molecule has 1 aliphatic rings. The molecule has 146 valence electrons. The summed E-state index contributed by atoms with van der Waals surface area (Å²) in [6.07, 6.45) is 6.65. The normalized spacial score (nSPS) is 15.6. The fourth-order valence-corrected chi connectivity index (χ4v) is 4.45. The lowest BCUT2D eigenvalue weighted by Gasteiger charge is -2.22. The summed E-state index contributed by atoms with van der Waals surface area (Å²) in [6, 6.07) is 9.85. The SMILES string of the molecule is O=C(CNCc1ccco1)Nc1ccc(S(=O)(=O)NC2CCCCC2)cc1. The van der Waals surface area contributed by atoms with Crippen molar-refractivity contribution < 1.29 is 17.6 Å². The highest BCUT2D eigenvalue weighted by molar-refractivity contribution is 7.89. The number of anilines is 1. The van der Waals surface area contributed by atoms with Crippen molar-refractivity contribution in [1.82, 2.24) is 10.0 Å². The number of nitrogens with one attached hydrogen (secondary N) is 3. The van der Waals surface area contributed by atoms with Gasteiger partial charge in [0.2, 0.25) is 15.9 Å². The first-order valence-electron chi connectivity index (χ1n) is 9.18. The lowest BCUT2D eigenvalue weighted by Crippen LogP contribution is -2.36. The number of hydrogen-bond acceptors (Lipinski definition) is 5. The molecule has 1 heterocycles. The van der Waals surface area contributed by atoms with Crippen LogP contribution in [0, 0.1) is 0 Å².